The lowest BCUT2D eigenvalue weighted by molar-refractivity contribution is 0.101. The maximum Gasteiger partial charge on any atom is 0.255 e. The van der Waals surface area contributed by atoms with Crippen molar-refractivity contribution in [2.75, 3.05) is 16.0 Å². The van der Waals surface area contributed by atoms with Gasteiger partial charge in [-0.05, 0) is 92.7 Å². The van der Waals surface area contributed by atoms with Crippen LogP contribution in [-0.4, -0.2) is 47.6 Å². The van der Waals surface area contributed by atoms with E-state index in [4.69, 9.17) is 20.6 Å². The lowest BCUT2D eigenvalue weighted by Crippen LogP contribution is -2.12. The van der Waals surface area contributed by atoms with Crippen LogP contribution in [0.5, 0.6) is 34.5 Å². The minimum atomic E-state index is -0.271. The van der Waals surface area contributed by atoms with Gasteiger partial charge in [0, 0.05) is 59.0 Å². The minimum absolute atomic E-state index is 0. The fourth-order valence-corrected chi connectivity index (χ4v) is 6.19. The van der Waals surface area contributed by atoms with Crippen molar-refractivity contribution in [1.82, 2.24) is 29.9 Å². The highest BCUT2D eigenvalue weighted by molar-refractivity contribution is 6.05. The zero-order valence-corrected chi connectivity index (χ0v) is 37.8. The van der Waals surface area contributed by atoms with Gasteiger partial charge in [0.25, 0.3) is 17.7 Å². The molecule has 0 unspecified atom stereocenters. The van der Waals surface area contributed by atoms with Crippen LogP contribution in [0.2, 0.25) is 0 Å². The van der Waals surface area contributed by atoms with Crippen LogP contribution < -0.4 is 30.2 Å². The van der Waals surface area contributed by atoms with Crippen LogP contribution in [-0.2, 0) is 0 Å². The highest BCUT2D eigenvalue weighted by Gasteiger charge is 2.11. The molecule has 6 heterocycles. The molecule has 0 radical (unpaired) electrons. The molecule has 9 aromatic rings. The second-order valence-corrected chi connectivity index (χ2v) is 14.9. The first kappa shape index (κ1) is 50.3. The molecule has 0 saturated heterocycles. The Balaban J connectivity index is 0.000000173. The molecule has 0 aliphatic heterocycles. The van der Waals surface area contributed by atoms with Crippen molar-refractivity contribution in [1.29, 1.82) is 0 Å². The Labute approximate surface area is 411 Å². The topological polar surface area (TPSA) is 192 Å². The first-order valence-electron chi connectivity index (χ1n) is 21.4. The molecule has 3 amide bonds. The van der Waals surface area contributed by atoms with E-state index in [1.54, 1.807) is 165 Å². The third kappa shape index (κ3) is 16.1. The molecule has 9 rings (SSSR count). The third-order valence-electron chi connectivity index (χ3n) is 9.38. The summed E-state index contributed by atoms with van der Waals surface area (Å²) in [5.41, 5.74) is 6.04. The molecule has 3 aromatic carbocycles. The third-order valence-corrected chi connectivity index (χ3v) is 9.38. The Kier molecular flexibility index (Phi) is 18.2. The van der Waals surface area contributed by atoms with Gasteiger partial charge >= 0.3 is 0 Å². The summed E-state index contributed by atoms with van der Waals surface area (Å²) in [5, 5.41) is 8.40. The maximum absolute atomic E-state index is 12.3. The van der Waals surface area contributed by atoms with E-state index in [1.807, 2.05) is 50.2 Å². The lowest BCUT2D eigenvalue weighted by atomic mass is 10.1. The van der Waals surface area contributed by atoms with E-state index < -0.39 is 0 Å². The predicted molar refractivity (Wildman–Crippen MR) is 273 cm³/mol. The van der Waals surface area contributed by atoms with Crippen LogP contribution in [0.15, 0.2) is 202 Å². The molecule has 0 bridgehead atoms. The smallest absolute Gasteiger partial charge is 0.255 e. The number of amides is 3. The van der Waals surface area contributed by atoms with Gasteiger partial charge in [-0.15, -0.1) is 6.42 Å². The SMILES string of the molecule is C.C#Cc1cccc(C(=O)Nc2cncc(Oc3cccnc3)c2)c1.Cc1cccc(C(=O)Nc2cncc(Oc3cccnc3)c2)c1.Cc1cccc(C(=O)Nc2cncc(Oc3cccnc3)c2)c1. The van der Waals surface area contributed by atoms with Crippen molar-refractivity contribution in [3.05, 3.63) is 235 Å². The van der Waals surface area contributed by atoms with Crippen molar-refractivity contribution in [2.24, 2.45) is 0 Å². The lowest BCUT2D eigenvalue weighted by Gasteiger charge is -2.08. The molecular weight excluding hydrogens is 895 g/mol. The van der Waals surface area contributed by atoms with Crippen LogP contribution in [0.3, 0.4) is 0 Å². The largest absolute Gasteiger partial charge is 0.454 e. The van der Waals surface area contributed by atoms with E-state index >= 15 is 0 Å². The van der Waals surface area contributed by atoms with Gasteiger partial charge in [0.2, 0.25) is 0 Å². The average Bonchev–Trinajstić information content (AvgIpc) is 3.38. The van der Waals surface area contributed by atoms with Crippen LogP contribution in [0.4, 0.5) is 17.1 Å². The van der Waals surface area contributed by atoms with E-state index in [0.717, 1.165) is 11.1 Å². The van der Waals surface area contributed by atoms with Gasteiger partial charge in [0.1, 0.15) is 34.5 Å². The molecular formula is C56H47N9O6. The number of nitrogens with one attached hydrogen (secondary N) is 3. The van der Waals surface area contributed by atoms with Crippen LogP contribution >= 0.6 is 0 Å². The number of hydrogen-bond acceptors (Lipinski definition) is 12. The molecule has 0 atom stereocenters. The van der Waals surface area contributed by atoms with Gasteiger partial charge in [0.05, 0.1) is 72.8 Å². The summed E-state index contributed by atoms with van der Waals surface area (Å²) in [7, 11) is 0. The van der Waals surface area contributed by atoms with Crippen LogP contribution in [0, 0.1) is 26.2 Å². The highest BCUT2D eigenvalue weighted by atomic mass is 16.5. The number of carbonyl (C=O) groups is 3. The maximum atomic E-state index is 12.3. The van der Waals surface area contributed by atoms with E-state index in [2.05, 4.69) is 51.8 Å². The number of carbonyl (C=O) groups excluding carboxylic acids is 3. The zero-order chi connectivity index (χ0) is 48.9. The van der Waals surface area contributed by atoms with Gasteiger partial charge in [-0.2, -0.15) is 0 Å². The number of terminal acetylenes is 1. The van der Waals surface area contributed by atoms with Crippen LogP contribution in [0.1, 0.15) is 55.2 Å². The van der Waals surface area contributed by atoms with E-state index in [1.165, 1.54) is 0 Å². The van der Waals surface area contributed by atoms with Crippen molar-refractivity contribution in [3.8, 4) is 46.8 Å². The predicted octanol–water partition coefficient (Wildman–Crippen LogP) is 11.8. The fourth-order valence-electron chi connectivity index (χ4n) is 6.19. The number of anilines is 3. The van der Waals surface area contributed by atoms with Gasteiger partial charge in [-0.1, -0.05) is 54.8 Å². The number of benzene rings is 3. The molecule has 0 fully saturated rings. The summed E-state index contributed by atoms with van der Waals surface area (Å²) in [6, 6.07) is 37.5. The molecule has 0 aliphatic carbocycles. The minimum Gasteiger partial charge on any atom is -0.454 e. The Hall–Kier alpha value is -10.1. The highest BCUT2D eigenvalue weighted by Crippen LogP contribution is 2.25. The van der Waals surface area contributed by atoms with E-state index in [-0.39, 0.29) is 25.1 Å². The molecule has 6 aromatic heterocycles. The number of aryl methyl sites for hydroxylation is 2. The normalized spacial score (nSPS) is 9.87. The molecule has 3 N–H and O–H groups in total. The second kappa shape index (κ2) is 25.7. The summed E-state index contributed by atoms with van der Waals surface area (Å²) >= 11 is 0. The molecule has 352 valence electrons. The number of aromatic nitrogens is 6. The second-order valence-electron chi connectivity index (χ2n) is 14.9. The summed E-state index contributed by atoms with van der Waals surface area (Å²) in [5.74, 6) is 5.22. The average molecular weight is 942 g/mol. The van der Waals surface area contributed by atoms with Gasteiger partial charge < -0.3 is 30.2 Å². The fraction of sp³-hybridized carbons (Fsp3) is 0.0536. The molecule has 71 heavy (non-hydrogen) atoms. The monoisotopic (exact) mass is 941 g/mol. The Morgan fingerprint density at radius 3 is 1.07 bits per heavy atom. The Morgan fingerprint density at radius 2 is 0.746 bits per heavy atom. The van der Waals surface area contributed by atoms with Crippen molar-refractivity contribution < 1.29 is 28.6 Å². The number of hydrogen-bond donors (Lipinski definition) is 3. The summed E-state index contributed by atoms with van der Waals surface area (Å²) < 4.78 is 16.9. The van der Waals surface area contributed by atoms with Crippen LogP contribution in [0.25, 0.3) is 0 Å². The first-order valence-corrected chi connectivity index (χ1v) is 21.4. The molecule has 0 saturated carbocycles. The van der Waals surface area contributed by atoms with Crippen molar-refractivity contribution >= 4 is 34.8 Å². The van der Waals surface area contributed by atoms with Crippen molar-refractivity contribution in [3.63, 3.8) is 0 Å². The quantitative estimate of drug-likeness (QED) is 0.0983. The number of pyridine rings is 6. The first-order chi connectivity index (χ1) is 34.1. The molecule has 0 spiro atoms. The number of nitrogens with zero attached hydrogens (tertiary/aromatic N) is 6. The number of ether oxygens (including phenoxy) is 3. The Bertz CT molecular complexity index is 3090. The number of rotatable bonds is 12. The van der Waals surface area contributed by atoms with Gasteiger partial charge in [-0.25, -0.2) is 0 Å². The van der Waals surface area contributed by atoms with Gasteiger partial charge in [-0.3, -0.25) is 44.3 Å². The van der Waals surface area contributed by atoms with E-state index in [9.17, 15) is 14.4 Å². The van der Waals surface area contributed by atoms with E-state index in [0.29, 0.717) is 73.8 Å². The van der Waals surface area contributed by atoms with Gasteiger partial charge in [0.15, 0.2) is 0 Å². The molecule has 15 heteroatoms. The summed E-state index contributed by atoms with van der Waals surface area (Å²) in [6.45, 7) is 3.89. The van der Waals surface area contributed by atoms with Crippen molar-refractivity contribution in [2.45, 2.75) is 21.3 Å². The standard InChI is InChI=1S/C19H13N3O2.2C18H15N3O2.CH4/c1-2-14-5-3-6-15(9-14)19(23)22-16-10-18(13-21-11-16)24-17-7-4-8-20-12-17;2*1-13-4-2-5-14(8-13)18(22)21-15-9-17(12-20-10-15)23-16-6-3-7-19-11-16;/h1,3-13H,(H,22,23);2*2-12H,1H3,(H,21,22);1H4. The molecule has 15 nitrogen and oxygen atoms in total. The Morgan fingerprint density at radius 1 is 0.408 bits per heavy atom. The summed E-state index contributed by atoms with van der Waals surface area (Å²) in [6.07, 6.45) is 24.6. The summed E-state index contributed by atoms with van der Waals surface area (Å²) in [4.78, 5) is 61.0. The molecule has 0 aliphatic rings. The zero-order valence-electron chi connectivity index (χ0n) is 37.8.